The van der Waals surface area contributed by atoms with Crippen molar-refractivity contribution in [1.82, 2.24) is 0 Å². The van der Waals surface area contributed by atoms with Crippen molar-refractivity contribution in [3.63, 3.8) is 0 Å². The number of halogens is 4. The predicted molar refractivity (Wildman–Crippen MR) is 37.2 cm³/mol. The van der Waals surface area contributed by atoms with Gasteiger partial charge in [0.05, 0.1) is 0 Å². The van der Waals surface area contributed by atoms with E-state index in [9.17, 15) is 17.3 Å². The molecule has 0 spiro atoms. The molecule has 0 saturated carbocycles. The fourth-order valence-corrected chi connectivity index (χ4v) is 0.524. The van der Waals surface area contributed by atoms with Crippen LogP contribution in [-0.2, 0) is 4.74 Å². The van der Waals surface area contributed by atoms with Gasteiger partial charge in [0.25, 0.3) is 6.79 Å². The Morgan fingerprint density at radius 2 is 1.92 bits per heavy atom. The summed E-state index contributed by atoms with van der Waals surface area (Å²) in [5, 5.41) is 0. The highest BCUT2D eigenvalue weighted by molar-refractivity contribution is 6.50. The molecule has 0 aliphatic carbocycles. The normalized spacial score (nSPS) is 22.8. The maximum atomic E-state index is 9.75. The first-order valence-electron chi connectivity index (χ1n) is 3.18. The van der Waals surface area contributed by atoms with Crippen LogP contribution in [0, 0.1) is 0 Å². The Morgan fingerprint density at radius 3 is 2.08 bits per heavy atom. The number of aliphatic hydroxyl groups is 2. The highest BCUT2D eigenvalue weighted by atomic mass is 19.5. The van der Waals surface area contributed by atoms with Crippen molar-refractivity contribution >= 4 is 7.25 Å². The molecular formula is C5H9BF4O2. The zero-order valence-corrected chi connectivity index (χ0v) is 6.22. The summed E-state index contributed by atoms with van der Waals surface area (Å²) < 4.78 is 48.0. The van der Waals surface area contributed by atoms with Gasteiger partial charge in [0.15, 0.2) is 12.7 Å². The maximum absolute atomic E-state index is 9.75. The van der Waals surface area contributed by atoms with E-state index in [1.807, 2.05) is 0 Å². The summed E-state index contributed by atoms with van der Waals surface area (Å²) in [6.07, 6.45) is 1.97. The van der Waals surface area contributed by atoms with Crippen LogP contribution >= 0.6 is 0 Å². The van der Waals surface area contributed by atoms with Crippen LogP contribution in [0.25, 0.3) is 0 Å². The molecule has 1 aliphatic heterocycles. The molecule has 1 rings (SSSR count). The highest BCUT2D eigenvalue weighted by Gasteiger charge is 2.20. The quantitative estimate of drug-likeness (QED) is 0.263. The minimum absolute atomic E-state index is 0.194. The van der Waals surface area contributed by atoms with E-state index in [0.717, 1.165) is 6.61 Å². The molecule has 1 aliphatic rings. The molecular weight excluding hydrogens is 179 g/mol. The Kier molecular flexibility index (Phi) is 4.92. The van der Waals surface area contributed by atoms with E-state index in [2.05, 4.69) is 11.3 Å². The molecule has 1 fully saturated rings. The average Bonchev–Trinajstić information content (AvgIpc) is 2.33. The van der Waals surface area contributed by atoms with Crippen molar-refractivity contribution in [2.45, 2.75) is 6.10 Å². The van der Waals surface area contributed by atoms with E-state index in [-0.39, 0.29) is 6.10 Å². The first kappa shape index (κ1) is 11.4. The molecule has 1 atom stereocenters. The van der Waals surface area contributed by atoms with Gasteiger partial charge in [-0.15, -0.1) is 6.58 Å². The van der Waals surface area contributed by atoms with E-state index in [1.54, 1.807) is 6.08 Å². The van der Waals surface area contributed by atoms with Gasteiger partial charge in [-0.1, -0.05) is 6.08 Å². The molecule has 0 aromatic heterocycles. The van der Waals surface area contributed by atoms with Crippen molar-refractivity contribution in [2.75, 3.05) is 13.4 Å². The van der Waals surface area contributed by atoms with Crippen LogP contribution in [0.2, 0.25) is 0 Å². The van der Waals surface area contributed by atoms with Gasteiger partial charge in [-0.2, -0.15) is 0 Å². The van der Waals surface area contributed by atoms with Crippen LogP contribution in [0.4, 0.5) is 17.3 Å². The first-order valence-corrected chi connectivity index (χ1v) is 3.18. The molecule has 0 amide bonds. The van der Waals surface area contributed by atoms with Crippen LogP contribution in [0.3, 0.4) is 0 Å². The number of hydrogen-bond acceptors (Lipinski definition) is 1. The Balaban J connectivity index is 0.000000217. The summed E-state index contributed by atoms with van der Waals surface area (Å²) in [7, 11) is -6.00. The minimum atomic E-state index is -6.00. The lowest BCUT2D eigenvalue weighted by atomic mass is 10.3. The molecule has 2 nitrogen and oxygen atoms in total. The second kappa shape index (κ2) is 5.15. The molecule has 0 radical (unpaired) electrons. The van der Waals surface area contributed by atoms with Gasteiger partial charge in [-0.25, -0.2) is 0 Å². The van der Waals surface area contributed by atoms with Gasteiger partial charge in [0.2, 0.25) is 0 Å². The number of hydrogen-bond donors (Lipinski definition) is 0. The van der Waals surface area contributed by atoms with Gasteiger partial charge in [0.1, 0.15) is 0 Å². The smallest absolute Gasteiger partial charge is 0.418 e. The Labute approximate surface area is 67.3 Å². The number of rotatable bonds is 1. The molecule has 1 saturated heterocycles. The summed E-state index contributed by atoms with van der Waals surface area (Å²) in [5.41, 5.74) is 0. The topological polar surface area (TPSA) is 22.0 Å². The van der Waals surface area contributed by atoms with Crippen LogP contribution in [0.1, 0.15) is 0 Å². The molecule has 1 N–H and O–H groups in total. The molecule has 0 aromatic carbocycles. The van der Waals surface area contributed by atoms with Crippen LogP contribution in [0.15, 0.2) is 12.7 Å². The molecule has 0 aromatic rings. The van der Waals surface area contributed by atoms with Crippen molar-refractivity contribution in [2.24, 2.45) is 0 Å². The second-order valence-electron chi connectivity index (χ2n) is 1.97. The van der Waals surface area contributed by atoms with Crippen molar-refractivity contribution in [3.05, 3.63) is 12.7 Å². The van der Waals surface area contributed by atoms with Gasteiger partial charge >= 0.3 is 7.25 Å². The monoisotopic (exact) mass is 188 g/mol. The van der Waals surface area contributed by atoms with E-state index >= 15 is 0 Å². The van der Waals surface area contributed by atoms with Gasteiger partial charge in [0, 0.05) is 0 Å². The third kappa shape index (κ3) is 9.44. The van der Waals surface area contributed by atoms with Crippen LogP contribution in [-0.4, -0.2) is 31.5 Å². The van der Waals surface area contributed by atoms with E-state index in [4.69, 9.17) is 4.74 Å². The SMILES string of the molecule is C=CC1C[OH+]CO1.F[B-](F)(F)F. The molecule has 1 unspecified atom stereocenters. The largest absolute Gasteiger partial charge is 0.673 e. The van der Waals surface area contributed by atoms with Crippen LogP contribution in [0.5, 0.6) is 0 Å². The summed E-state index contributed by atoms with van der Waals surface area (Å²) in [6.45, 7) is 4.91. The van der Waals surface area contributed by atoms with E-state index in [1.165, 1.54) is 0 Å². The second-order valence-corrected chi connectivity index (χ2v) is 1.97. The maximum Gasteiger partial charge on any atom is 0.673 e. The van der Waals surface area contributed by atoms with Gasteiger partial charge in [-0.05, 0) is 0 Å². The zero-order chi connectivity index (χ0) is 9.61. The predicted octanol–water partition coefficient (Wildman–Crippen LogP) is 1.36. The zero-order valence-electron chi connectivity index (χ0n) is 6.22. The molecule has 1 heterocycles. The first-order chi connectivity index (χ1) is 5.43. The third-order valence-corrected chi connectivity index (χ3v) is 0.952. The van der Waals surface area contributed by atoms with E-state index < -0.39 is 7.25 Å². The summed E-state index contributed by atoms with van der Waals surface area (Å²) in [4.78, 5) is 0. The standard InChI is InChI=1S/C5H8O2.BF4/c1-2-5-3-6-4-7-5;2-1(3,4)5/h2,5H,1,3-4H2;/q;-1/p+1. The lowest BCUT2D eigenvalue weighted by molar-refractivity contribution is -0.0580. The van der Waals surface area contributed by atoms with Crippen molar-refractivity contribution in [3.8, 4) is 0 Å². The highest BCUT2D eigenvalue weighted by Crippen LogP contribution is 2.06. The summed E-state index contributed by atoms with van der Waals surface area (Å²) >= 11 is 0. The van der Waals surface area contributed by atoms with E-state index in [0.29, 0.717) is 6.79 Å². The molecule has 0 bridgehead atoms. The Bertz CT molecular complexity index is 126. The van der Waals surface area contributed by atoms with Crippen molar-refractivity contribution < 1.29 is 26.7 Å². The fraction of sp³-hybridized carbons (Fsp3) is 0.600. The fourth-order valence-electron chi connectivity index (χ4n) is 0.524. The van der Waals surface area contributed by atoms with Gasteiger partial charge < -0.3 is 22.0 Å². The van der Waals surface area contributed by atoms with Crippen molar-refractivity contribution in [1.29, 1.82) is 0 Å². The average molecular weight is 188 g/mol. The molecule has 12 heavy (non-hydrogen) atoms. The Morgan fingerprint density at radius 1 is 1.42 bits per heavy atom. The third-order valence-electron chi connectivity index (χ3n) is 0.952. The lowest BCUT2D eigenvalue weighted by Crippen LogP contribution is -2.03. The van der Waals surface area contributed by atoms with Crippen LogP contribution < -0.4 is 0 Å². The molecule has 72 valence electrons. The Hall–Kier alpha value is -0.555. The van der Waals surface area contributed by atoms with Gasteiger partial charge in [-0.3, -0.25) is 4.74 Å². The minimum Gasteiger partial charge on any atom is -0.418 e. The number of ether oxygens (including phenoxy) is 2. The lowest BCUT2D eigenvalue weighted by Gasteiger charge is -1.94. The summed E-state index contributed by atoms with van der Waals surface area (Å²) in [6, 6.07) is 0. The summed E-state index contributed by atoms with van der Waals surface area (Å²) in [5.74, 6) is 0. The molecule has 7 heteroatoms.